The van der Waals surface area contributed by atoms with Gasteiger partial charge in [-0.15, -0.1) is 29.9 Å². The van der Waals surface area contributed by atoms with E-state index in [1.807, 2.05) is 30.3 Å². The second kappa shape index (κ2) is 13.5. The molecule has 1 aromatic heterocycles. The summed E-state index contributed by atoms with van der Waals surface area (Å²) in [7, 11) is 0. The Morgan fingerprint density at radius 3 is 2.47 bits per heavy atom. The molecule has 3 N–H and O–H groups in total. The van der Waals surface area contributed by atoms with Crippen molar-refractivity contribution >= 4 is 48.1 Å². The molecule has 3 aromatic rings. The van der Waals surface area contributed by atoms with Crippen molar-refractivity contribution in [3.8, 4) is 0 Å². The van der Waals surface area contributed by atoms with E-state index in [-0.39, 0.29) is 30.9 Å². The largest absolute Gasteiger partial charge is 0.378 e. The zero-order chi connectivity index (χ0) is 20.6. The molecule has 1 saturated heterocycles. The van der Waals surface area contributed by atoms with E-state index < -0.39 is 0 Å². The Bertz CT molecular complexity index is 904. The highest BCUT2D eigenvalue weighted by Gasteiger charge is 2.20. The molecule has 4 rings (SSSR count). The van der Waals surface area contributed by atoms with E-state index >= 15 is 0 Å². The van der Waals surface area contributed by atoms with Gasteiger partial charge in [-0.25, -0.2) is 0 Å². The Labute approximate surface area is 206 Å². The Balaban J connectivity index is 0.00000181. The van der Waals surface area contributed by atoms with Crippen LogP contribution in [-0.4, -0.2) is 54.6 Å². The van der Waals surface area contributed by atoms with E-state index in [2.05, 4.69) is 50.0 Å². The normalized spacial score (nSPS) is 14.2. The maximum absolute atomic E-state index is 6.03. The van der Waals surface area contributed by atoms with Crippen molar-refractivity contribution in [1.82, 2.24) is 20.5 Å². The van der Waals surface area contributed by atoms with Crippen LogP contribution >= 0.6 is 36.4 Å². The van der Waals surface area contributed by atoms with Gasteiger partial charge >= 0.3 is 0 Å². The minimum absolute atomic E-state index is 0. The zero-order valence-electron chi connectivity index (χ0n) is 17.7. The highest BCUT2D eigenvalue weighted by molar-refractivity contribution is 6.30. The first-order valence-corrected chi connectivity index (χ1v) is 10.7. The molecule has 1 aliphatic rings. The fraction of sp³-hybridized carbons (Fsp3) is 0.364. The zero-order valence-corrected chi connectivity index (χ0v) is 20.1. The third kappa shape index (κ3) is 7.53. The van der Waals surface area contributed by atoms with Crippen LogP contribution in [0.2, 0.25) is 5.02 Å². The fourth-order valence-corrected chi connectivity index (χ4v) is 3.54. The molecule has 1 unspecified atom stereocenters. The van der Waals surface area contributed by atoms with Gasteiger partial charge in [-0.2, -0.15) is 4.98 Å². The molecule has 0 aliphatic carbocycles. The van der Waals surface area contributed by atoms with Gasteiger partial charge in [0.15, 0.2) is 0 Å². The van der Waals surface area contributed by atoms with Crippen molar-refractivity contribution in [3.63, 3.8) is 0 Å². The third-order valence-corrected chi connectivity index (χ3v) is 5.33. The molecular formula is C22H29Cl3N6O. The first kappa shape index (κ1) is 26.2. The van der Waals surface area contributed by atoms with Crippen LogP contribution in [0.3, 0.4) is 0 Å². The first-order chi connectivity index (χ1) is 14.8. The molecule has 174 valence electrons. The molecule has 2 heterocycles. The summed E-state index contributed by atoms with van der Waals surface area (Å²) in [5.74, 6) is 1.53. The van der Waals surface area contributed by atoms with Gasteiger partial charge in [0.25, 0.3) is 0 Å². The summed E-state index contributed by atoms with van der Waals surface area (Å²) in [6, 6.07) is 18.1. The second-order valence-electron chi connectivity index (χ2n) is 7.26. The number of anilines is 2. The Kier molecular flexibility index (Phi) is 11.1. The van der Waals surface area contributed by atoms with E-state index in [9.17, 15) is 0 Å². The van der Waals surface area contributed by atoms with Crippen LogP contribution in [0.1, 0.15) is 17.4 Å². The van der Waals surface area contributed by atoms with Gasteiger partial charge in [0.1, 0.15) is 5.82 Å². The summed E-state index contributed by atoms with van der Waals surface area (Å²) in [5.41, 5.74) is 2.31. The van der Waals surface area contributed by atoms with Crippen molar-refractivity contribution in [3.05, 3.63) is 71.0 Å². The monoisotopic (exact) mass is 498 g/mol. The lowest BCUT2D eigenvalue weighted by atomic mass is 10.1. The van der Waals surface area contributed by atoms with Crippen molar-refractivity contribution in [1.29, 1.82) is 0 Å². The number of hydrogen-bond donors (Lipinski definition) is 3. The molecule has 7 nitrogen and oxygen atoms in total. The Morgan fingerprint density at radius 2 is 1.75 bits per heavy atom. The summed E-state index contributed by atoms with van der Waals surface area (Å²) >= 11 is 6.03. The number of rotatable bonds is 9. The molecule has 0 bridgehead atoms. The van der Waals surface area contributed by atoms with Gasteiger partial charge in [-0.05, 0) is 42.8 Å². The molecule has 10 heteroatoms. The minimum atomic E-state index is -0.0516. The van der Waals surface area contributed by atoms with Crippen molar-refractivity contribution < 1.29 is 4.74 Å². The summed E-state index contributed by atoms with van der Waals surface area (Å²) in [6.07, 6.45) is 0.976. The molecule has 1 atom stereocenters. The summed E-state index contributed by atoms with van der Waals surface area (Å²) in [6.45, 7) is 4.62. The van der Waals surface area contributed by atoms with E-state index in [0.717, 1.165) is 43.5 Å². The van der Waals surface area contributed by atoms with Gasteiger partial charge in [-0.1, -0.05) is 41.9 Å². The maximum Gasteiger partial charge on any atom is 0.244 e. The highest BCUT2D eigenvalue weighted by Crippen LogP contribution is 2.20. The number of aromatic nitrogens is 3. The lowest BCUT2D eigenvalue weighted by molar-refractivity contribution is 0.122. The second-order valence-corrected chi connectivity index (χ2v) is 7.70. The fourth-order valence-electron chi connectivity index (χ4n) is 3.41. The number of nitrogens with zero attached hydrogens (tertiary/aromatic N) is 3. The van der Waals surface area contributed by atoms with Gasteiger partial charge < -0.3 is 20.3 Å². The van der Waals surface area contributed by atoms with Crippen LogP contribution in [0.4, 0.5) is 11.6 Å². The molecule has 0 amide bonds. The number of morpholine rings is 1. The van der Waals surface area contributed by atoms with E-state index in [0.29, 0.717) is 24.8 Å². The van der Waals surface area contributed by atoms with Crippen LogP contribution in [0.15, 0.2) is 54.6 Å². The molecule has 2 aromatic carbocycles. The number of nitrogens with one attached hydrogen (secondary N) is 3. The standard InChI is InChI=1S/C22H27ClN6O.2ClH/c23-18-6-8-19(9-7-18)25-20(16-24-11-10-17-4-2-1-3-5-17)21-26-22(28-27-21)29-12-14-30-15-13-29;;/h1-9,20,24-25H,10-16H2,(H,26,27,28);2*1H. The Morgan fingerprint density at radius 1 is 1.03 bits per heavy atom. The first-order valence-electron chi connectivity index (χ1n) is 10.3. The average Bonchev–Trinajstić information content (AvgIpc) is 3.29. The summed E-state index contributed by atoms with van der Waals surface area (Å²) in [5, 5.41) is 15.4. The van der Waals surface area contributed by atoms with E-state index in [1.54, 1.807) is 0 Å². The number of H-pyrrole nitrogens is 1. The molecule has 0 spiro atoms. The smallest absolute Gasteiger partial charge is 0.244 e. The number of hydrogen-bond acceptors (Lipinski definition) is 6. The molecule has 0 saturated carbocycles. The molecule has 32 heavy (non-hydrogen) atoms. The van der Waals surface area contributed by atoms with Crippen LogP contribution in [0.25, 0.3) is 0 Å². The van der Waals surface area contributed by atoms with Gasteiger partial charge in [0.2, 0.25) is 5.95 Å². The van der Waals surface area contributed by atoms with E-state index in [4.69, 9.17) is 21.3 Å². The van der Waals surface area contributed by atoms with Gasteiger partial charge in [0.05, 0.1) is 19.3 Å². The van der Waals surface area contributed by atoms with Crippen LogP contribution in [-0.2, 0) is 11.2 Å². The number of ether oxygens (including phenoxy) is 1. The Hall–Kier alpha value is -2.03. The molecule has 1 aliphatic heterocycles. The number of halogens is 3. The molecule has 0 radical (unpaired) electrons. The molecule has 1 fully saturated rings. The number of aromatic amines is 1. The van der Waals surface area contributed by atoms with Crippen molar-refractivity contribution in [2.24, 2.45) is 0 Å². The minimum Gasteiger partial charge on any atom is -0.378 e. The lowest BCUT2D eigenvalue weighted by Gasteiger charge is -2.25. The summed E-state index contributed by atoms with van der Waals surface area (Å²) in [4.78, 5) is 6.90. The highest BCUT2D eigenvalue weighted by atomic mass is 35.5. The molecular weight excluding hydrogens is 471 g/mol. The van der Waals surface area contributed by atoms with Crippen LogP contribution in [0, 0.1) is 0 Å². The van der Waals surface area contributed by atoms with Crippen molar-refractivity contribution in [2.75, 3.05) is 49.6 Å². The predicted octanol–water partition coefficient (Wildman–Crippen LogP) is 4.12. The predicted molar refractivity (Wildman–Crippen MR) is 135 cm³/mol. The SMILES string of the molecule is Cl.Cl.Clc1ccc(NC(CNCCc2ccccc2)c2nc(N3CCOCC3)n[nH]2)cc1. The van der Waals surface area contributed by atoms with Gasteiger partial charge in [0, 0.05) is 30.3 Å². The van der Waals surface area contributed by atoms with Gasteiger partial charge in [-0.3, -0.25) is 5.10 Å². The van der Waals surface area contributed by atoms with Crippen LogP contribution in [0.5, 0.6) is 0 Å². The van der Waals surface area contributed by atoms with E-state index in [1.165, 1.54) is 5.56 Å². The third-order valence-electron chi connectivity index (χ3n) is 5.08. The van der Waals surface area contributed by atoms with Crippen molar-refractivity contribution in [2.45, 2.75) is 12.5 Å². The topological polar surface area (TPSA) is 78.1 Å². The summed E-state index contributed by atoms with van der Waals surface area (Å²) < 4.78 is 5.43. The van der Waals surface area contributed by atoms with Crippen LogP contribution < -0.4 is 15.5 Å². The average molecular weight is 500 g/mol. The quantitative estimate of drug-likeness (QED) is 0.384. The lowest BCUT2D eigenvalue weighted by Crippen LogP contribution is -2.37. The maximum atomic E-state index is 6.03. The number of benzene rings is 2.